The number of epoxide rings is 1. The summed E-state index contributed by atoms with van der Waals surface area (Å²) >= 11 is 0. The zero-order valence-electron chi connectivity index (χ0n) is 11.4. The number of hydrogen-bond donors (Lipinski definition) is 1. The molecule has 1 N–H and O–H groups in total. The molecule has 1 saturated heterocycles. The van der Waals surface area contributed by atoms with Crippen LogP contribution in [0.2, 0.25) is 0 Å². The Morgan fingerprint density at radius 3 is 2.45 bits per heavy atom. The predicted molar refractivity (Wildman–Crippen MR) is 70.9 cm³/mol. The standard InChI is InChI=1S/C13H14F2O6S/c14-13(15,22(17,18)19)8-21-12(16)6-3-9-1-4-10(5-2-9)11-7-20-11/h1-2,4-5,11H,3,6-8H2,(H,17,18,19). The third-order valence-corrected chi connectivity index (χ3v) is 3.95. The molecular weight excluding hydrogens is 322 g/mol. The molecule has 2 rings (SSSR count). The van der Waals surface area contributed by atoms with Gasteiger partial charge in [0.2, 0.25) is 0 Å². The van der Waals surface area contributed by atoms with Crippen LogP contribution in [0, 0.1) is 0 Å². The molecule has 0 spiro atoms. The minimum absolute atomic E-state index is 0.127. The lowest BCUT2D eigenvalue weighted by atomic mass is 10.1. The Morgan fingerprint density at radius 1 is 1.36 bits per heavy atom. The average Bonchev–Trinajstić information content (AvgIpc) is 3.27. The van der Waals surface area contributed by atoms with E-state index in [-0.39, 0.29) is 18.9 Å². The van der Waals surface area contributed by atoms with Gasteiger partial charge in [0.15, 0.2) is 6.61 Å². The van der Waals surface area contributed by atoms with Crippen LogP contribution in [0.25, 0.3) is 0 Å². The van der Waals surface area contributed by atoms with Crippen molar-refractivity contribution < 1.29 is 36.0 Å². The van der Waals surface area contributed by atoms with E-state index in [0.717, 1.165) is 11.1 Å². The van der Waals surface area contributed by atoms with E-state index in [9.17, 15) is 22.0 Å². The highest BCUT2D eigenvalue weighted by atomic mass is 32.2. The molecule has 9 heteroatoms. The van der Waals surface area contributed by atoms with E-state index in [1.165, 1.54) is 0 Å². The van der Waals surface area contributed by atoms with Gasteiger partial charge in [-0.1, -0.05) is 24.3 Å². The molecular formula is C13H14F2O6S. The first-order valence-electron chi connectivity index (χ1n) is 6.40. The van der Waals surface area contributed by atoms with Crippen LogP contribution in [-0.4, -0.2) is 37.4 Å². The summed E-state index contributed by atoms with van der Waals surface area (Å²) in [6.07, 6.45) is 0.213. The smallest absolute Gasteiger partial charge is 0.402 e. The summed E-state index contributed by atoms with van der Waals surface area (Å²) in [5, 5.41) is -4.51. The van der Waals surface area contributed by atoms with Crippen molar-refractivity contribution in [2.75, 3.05) is 13.2 Å². The molecule has 22 heavy (non-hydrogen) atoms. The molecule has 122 valence electrons. The van der Waals surface area contributed by atoms with Gasteiger partial charge in [-0.25, -0.2) is 0 Å². The fourth-order valence-electron chi connectivity index (χ4n) is 1.70. The summed E-state index contributed by atoms with van der Waals surface area (Å²) < 4.78 is 63.9. The number of carbonyl (C=O) groups is 1. The fraction of sp³-hybridized carbons (Fsp3) is 0.462. The summed E-state index contributed by atoms with van der Waals surface area (Å²) in [4.78, 5) is 11.3. The van der Waals surface area contributed by atoms with Crippen LogP contribution in [-0.2, 0) is 30.8 Å². The van der Waals surface area contributed by atoms with Crippen molar-refractivity contribution >= 4 is 16.1 Å². The number of hydrogen-bond acceptors (Lipinski definition) is 5. The topological polar surface area (TPSA) is 93.2 Å². The van der Waals surface area contributed by atoms with Crippen molar-refractivity contribution in [3.63, 3.8) is 0 Å². The lowest BCUT2D eigenvalue weighted by molar-refractivity contribution is -0.149. The molecule has 1 aromatic carbocycles. The third-order valence-electron chi connectivity index (χ3n) is 3.08. The average molecular weight is 336 g/mol. The van der Waals surface area contributed by atoms with Crippen LogP contribution in [0.5, 0.6) is 0 Å². The SMILES string of the molecule is O=C(CCc1ccc(C2CO2)cc1)OCC(F)(F)S(=O)(=O)O. The van der Waals surface area contributed by atoms with Gasteiger partial charge >= 0.3 is 21.3 Å². The van der Waals surface area contributed by atoms with E-state index in [4.69, 9.17) is 9.29 Å². The molecule has 0 aliphatic carbocycles. The summed E-state index contributed by atoms with van der Waals surface area (Å²) in [6.45, 7) is -1.02. The van der Waals surface area contributed by atoms with E-state index in [1.807, 2.05) is 12.1 Å². The first kappa shape index (κ1) is 16.8. The molecule has 0 bridgehead atoms. The highest BCUT2D eigenvalue weighted by Gasteiger charge is 2.45. The highest BCUT2D eigenvalue weighted by Crippen LogP contribution is 2.29. The normalized spacial score (nSPS) is 18.0. The second-order valence-corrected chi connectivity index (χ2v) is 6.38. The molecule has 1 heterocycles. The third kappa shape index (κ3) is 4.46. The molecule has 6 nitrogen and oxygen atoms in total. The van der Waals surface area contributed by atoms with Gasteiger partial charge in [-0.05, 0) is 17.5 Å². The van der Waals surface area contributed by atoms with Gasteiger partial charge in [0.1, 0.15) is 6.10 Å². The molecule has 1 atom stereocenters. The van der Waals surface area contributed by atoms with Crippen LogP contribution in [0.3, 0.4) is 0 Å². The molecule has 0 amide bonds. The van der Waals surface area contributed by atoms with Gasteiger partial charge in [0.05, 0.1) is 6.61 Å². The number of esters is 1. The van der Waals surface area contributed by atoms with Gasteiger partial charge in [-0.2, -0.15) is 17.2 Å². The molecule has 0 saturated carbocycles. The van der Waals surface area contributed by atoms with Gasteiger partial charge in [0, 0.05) is 6.42 Å². The highest BCUT2D eigenvalue weighted by molar-refractivity contribution is 7.86. The van der Waals surface area contributed by atoms with Gasteiger partial charge in [-0.15, -0.1) is 0 Å². The van der Waals surface area contributed by atoms with Crippen LogP contribution in [0.4, 0.5) is 8.78 Å². The Kier molecular flexibility index (Phi) is 4.78. The maximum atomic E-state index is 12.9. The quantitative estimate of drug-likeness (QED) is 0.463. The molecule has 1 aliphatic rings. The Hall–Kier alpha value is -1.58. The molecule has 0 radical (unpaired) electrons. The zero-order chi connectivity index (χ0) is 16.4. The number of ether oxygens (including phenoxy) is 2. The van der Waals surface area contributed by atoms with Crippen LogP contribution >= 0.6 is 0 Å². The largest absolute Gasteiger partial charge is 0.458 e. The number of halogens is 2. The maximum Gasteiger partial charge on any atom is 0.402 e. The number of carbonyl (C=O) groups excluding carboxylic acids is 1. The Balaban J connectivity index is 1.77. The van der Waals surface area contributed by atoms with E-state index in [2.05, 4.69) is 4.74 Å². The molecule has 1 unspecified atom stereocenters. The fourth-order valence-corrected chi connectivity index (χ4v) is 1.90. The Bertz CT molecular complexity index is 637. The van der Waals surface area contributed by atoms with E-state index < -0.39 is 27.9 Å². The van der Waals surface area contributed by atoms with Crippen molar-refractivity contribution in [2.24, 2.45) is 0 Å². The van der Waals surface area contributed by atoms with Crippen molar-refractivity contribution in [1.29, 1.82) is 0 Å². The van der Waals surface area contributed by atoms with E-state index in [1.54, 1.807) is 12.1 Å². The Labute approximate surface area is 125 Å². The lowest BCUT2D eigenvalue weighted by Crippen LogP contribution is -2.34. The Morgan fingerprint density at radius 2 is 1.95 bits per heavy atom. The minimum atomic E-state index is -5.59. The first-order valence-corrected chi connectivity index (χ1v) is 7.84. The van der Waals surface area contributed by atoms with Crippen molar-refractivity contribution in [3.05, 3.63) is 35.4 Å². The van der Waals surface area contributed by atoms with Crippen LogP contribution in [0.1, 0.15) is 23.7 Å². The van der Waals surface area contributed by atoms with Gasteiger partial charge in [0.25, 0.3) is 0 Å². The number of benzene rings is 1. The molecule has 0 aromatic heterocycles. The lowest BCUT2D eigenvalue weighted by Gasteiger charge is -2.12. The zero-order valence-corrected chi connectivity index (χ0v) is 12.2. The maximum absolute atomic E-state index is 12.9. The van der Waals surface area contributed by atoms with Crippen molar-refractivity contribution in [2.45, 2.75) is 24.2 Å². The van der Waals surface area contributed by atoms with Crippen molar-refractivity contribution in [1.82, 2.24) is 0 Å². The van der Waals surface area contributed by atoms with Crippen LogP contribution in [0.15, 0.2) is 24.3 Å². The first-order chi connectivity index (χ1) is 10.2. The minimum Gasteiger partial charge on any atom is -0.458 e. The van der Waals surface area contributed by atoms with Gasteiger partial charge in [-0.3, -0.25) is 9.35 Å². The van der Waals surface area contributed by atoms with Crippen molar-refractivity contribution in [3.8, 4) is 0 Å². The summed E-state index contributed by atoms with van der Waals surface area (Å²) in [5.41, 5.74) is 1.84. The molecule has 1 fully saturated rings. The van der Waals surface area contributed by atoms with Crippen LogP contribution < -0.4 is 0 Å². The monoisotopic (exact) mass is 336 g/mol. The summed E-state index contributed by atoms with van der Waals surface area (Å²) in [7, 11) is -5.59. The summed E-state index contributed by atoms with van der Waals surface area (Å²) in [5.74, 6) is -0.974. The second-order valence-electron chi connectivity index (χ2n) is 4.84. The molecule has 1 aromatic rings. The van der Waals surface area contributed by atoms with E-state index >= 15 is 0 Å². The molecule has 1 aliphatic heterocycles. The second kappa shape index (κ2) is 6.27. The predicted octanol–water partition coefficient (Wildman–Crippen LogP) is 1.71. The number of rotatable bonds is 7. The van der Waals surface area contributed by atoms with Gasteiger partial charge < -0.3 is 9.47 Å². The summed E-state index contributed by atoms with van der Waals surface area (Å²) in [6, 6.07) is 7.28. The van der Waals surface area contributed by atoms with E-state index in [0.29, 0.717) is 6.61 Å². The number of aryl methyl sites for hydroxylation is 1. The number of alkyl halides is 2.